The molecular weight excluding hydrogens is 862 g/mol. The van der Waals surface area contributed by atoms with Gasteiger partial charge in [0.2, 0.25) is 0 Å². The second-order valence-corrected chi connectivity index (χ2v) is 24.4. The number of nitrogens with zero attached hydrogens (tertiary/aromatic N) is 5. The first-order valence-electron chi connectivity index (χ1n) is 25.8. The molecule has 0 saturated heterocycles. The highest BCUT2D eigenvalue weighted by Gasteiger charge is 2.60. The number of benzene rings is 7. The zero-order valence-corrected chi connectivity index (χ0v) is 43.7. The lowest BCUT2D eigenvalue weighted by Gasteiger charge is -2.51. The van der Waals surface area contributed by atoms with Crippen molar-refractivity contribution in [2.75, 3.05) is 14.7 Å². The van der Waals surface area contributed by atoms with Gasteiger partial charge in [0, 0.05) is 68.9 Å². The number of rotatable bonds is 4. The van der Waals surface area contributed by atoms with Gasteiger partial charge < -0.3 is 14.7 Å². The van der Waals surface area contributed by atoms with E-state index in [1.54, 1.807) is 6.33 Å². The predicted octanol–water partition coefficient (Wildman–Crippen LogP) is 14.7. The standard InChI is InChI=1S/C65H66BN5/c1-41-33-58-60-59(34-41)70(49-25-20-46(21-26-49)62(5,6)7)57-37-50(27-28-53(57)66(60)54-36-47(63(8,9)10)22-30-56(54)69(58)48-23-18-45(19-24-48)61(2,3)4)71-55-29-17-43(44-38-67-40-68-39-44)35-52(55)64(11)32-31-42-15-13-14-16-51(42)65(64,71)12/h13-30,33-40H,31-32H2,1-12H3. The Morgan fingerprint density at radius 1 is 0.493 bits per heavy atom. The van der Waals surface area contributed by atoms with Crippen molar-refractivity contribution in [2.45, 2.75) is 123 Å². The lowest BCUT2D eigenvalue weighted by molar-refractivity contribution is 0.245. The SMILES string of the molecule is Cc1cc2c3c(c1)N(c1ccc(C(C)(C)C)cc1)c1cc(N4c5ccc(-c6cncnc6)cc5C5(C)CCc6ccccc6C45C)ccc1B3c1cc(C(C)(C)C)ccc1N2c1ccc(C(C)(C)C)cc1. The Labute approximate surface area is 422 Å². The Hall–Kier alpha value is -6.92. The van der Waals surface area contributed by atoms with Gasteiger partial charge in [0.25, 0.3) is 6.71 Å². The second-order valence-electron chi connectivity index (χ2n) is 24.4. The number of anilines is 8. The fraction of sp³-hybridized carbons (Fsp3) is 0.292. The van der Waals surface area contributed by atoms with Crippen molar-refractivity contribution in [1.29, 1.82) is 0 Å². The minimum Gasteiger partial charge on any atom is -0.330 e. The zero-order chi connectivity index (χ0) is 49.6. The van der Waals surface area contributed by atoms with Crippen LogP contribution in [0.15, 0.2) is 158 Å². The summed E-state index contributed by atoms with van der Waals surface area (Å²) in [5.41, 5.74) is 24.8. The summed E-state index contributed by atoms with van der Waals surface area (Å²) in [4.78, 5) is 16.7. The van der Waals surface area contributed by atoms with Gasteiger partial charge in [-0.2, -0.15) is 0 Å². The summed E-state index contributed by atoms with van der Waals surface area (Å²) in [5.74, 6) is 0. The van der Waals surface area contributed by atoms with E-state index in [2.05, 4.69) is 247 Å². The Bertz CT molecular complexity index is 3430. The Morgan fingerprint density at radius 3 is 1.68 bits per heavy atom. The molecule has 0 spiro atoms. The molecule has 71 heavy (non-hydrogen) atoms. The maximum atomic E-state index is 4.43. The monoisotopic (exact) mass is 928 g/mol. The number of aromatic nitrogens is 2. The summed E-state index contributed by atoms with van der Waals surface area (Å²) in [6, 6.07) is 54.7. The molecule has 1 aromatic heterocycles. The highest BCUT2D eigenvalue weighted by molar-refractivity contribution is 7.00. The van der Waals surface area contributed by atoms with Gasteiger partial charge in [0.1, 0.15) is 6.33 Å². The summed E-state index contributed by atoms with van der Waals surface area (Å²) in [6.07, 6.45) is 7.56. The first kappa shape index (κ1) is 45.2. The van der Waals surface area contributed by atoms with Crippen LogP contribution in [0.3, 0.4) is 0 Å². The van der Waals surface area contributed by atoms with E-state index in [1.807, 2.05) is 12.4 Å². The van der Waals surface area contributed by atoms with Crippen LogP contribution < -0.4 is 31.1 Å². The Morgan fingerprint density at radius 2 is 1.06 bits per heavy atom. The molecule has 2 unspecified atom stereocenters. The Kier molecular flexibility index (Phi) is 9.90. The maximum absolute atomic E-state index is 4.43. The normalized spacial score (nSPS) is 18.9. The Balaban J connectivity index is 1.13. The van der Waals surface area contributed by atoms with E-state index in [0.717, 1.165) is 29.7 Å². The van der Waals surface area contributed by atoms with E-state index < -0.39 is 0 Å². The molecule has 5 nitrogen and oxygen atoms in total. The third kappa shape index (κ3) is 6.80. The number of hydrogen-bond donors (Lipinski definition) is 0. The molecule has 4 aliphatic rings. The van der Waals surface area contributed by atoms with Gasteiger partial charge in [-0.1, -0.05) is 142 Å². The highest BCUT2D eigenvalue weighted by Crippen LogP contribution is 2.64. The van der Waals surface area contributed by atoms with E-state index in [4.69, 9.17) is 0 Å². The molecule has 8 aromatic rings. The summed E-state index contributed by atoms with van der Waals surface area (Å²) < 4.78 is 0. The zero-order valence-electron chi connectivity index (χ0n) is 43.7. The highest BCUT2D eigenvalue weighted by atomic mass is 15.3. The first-order chi connectivity index (χ1) is 33.8. The summed E-state index contributed by atoms with van der Waals surface area (Å²) >= 11 is 0. The molecule has 1 aliphatic carbocycles. The van der Waals surface area contributed by atoms with Gasteiger partial charge >= 0.3 is 0 Å². The van der Waals surface area contributed by atoms with Crippen molar-refractivity contribution < 1.29 is 0 Å². The van der Waals surface area contributed by atoms with Crippen LogP contribution in [-0.2, 0) is 33.6 Å². The van der Waals surface area contributed by atoms with E-state index in [0.29, 0.717) is 0 Å². The van der Waals surface area contributed by atoms with Gasteiger partial charge in [-0.3, -0.25) is 0 Å². The minimum atomic E-state index is -0.387. The van der Waals surface area contributed by atoms with Gasteiger partial charge in [-0.05, 0) is 171 Å². The van der Waals surface area contributed by atoms with Crippen molar-refractivity contribution >= 4 is 68.6 Å². The van der Waals surface area contributed by atoms with Crippen LogP contribution in [0.1, 0.15) is 122 Å². The van der Waals surface area contributed by atoms with E-state index in [-0.39, 0.29) is 33.9 Å². The van der Waals surface area contributed by atoms with Gasteiger partial charge in [0.05, 0.1) is 5.54 Å². The molecule has 0 saturated carbocycles. The van der Waals surface area contributed by atoms with Crippen molar-refractivity contribution in [3.8, 4) is 11.1 Å². The number of aryl methyl sites for hydroxylation is 2. The van der Waals surface area contributed by atoms with Crippen LogP contribution in [0.2, 0.25) is 0 Å². The lowest BCUT2D eigenvalue weighted by atomic mass is 9.33. The molecule has 4 heterocycles. The molecule has 3 aliphatic heterocycles. The molecule has 12 rings (SSSR count). The summed E-state index contributed by atoms with van der Waals surface area (Å²) in [6.45, 7) is 28.1. The largest absolute Gasteiger partial charge is 0.330 e. The quantitative estimate of drug-likeness (QED) is 0.164. The molecule has 0 amide bonds. The molecule has 0 bridgehead atoms. The van der Waals surface area contributed by atoms with Crippen molar-refractivity contribution in [3.05, 3.63) is 197 Å². The van der Waals surface area contributed by atoms with Gasteiger partial charge in [0.15, 0.2) is 0 Å². The topological polar surface area (TPSA) is 35.5 Å². The van der Waals surface area contributed by atoms with E-state index in [9.17, 15) is 0 Å². The molecule has 0 N–H and O–H groups in total. The van der Waals surface area contributed by atoms with E-state index >= 15 is 0 Å². The fourth-order valence-electron chi connectivity index (χ4n) is 12.8. The molecule has 354 valence electrons. The molecular formula is C65H66BN5. The molecule has 0 radical (unpaired) electrons. The average Bonchev–Trinajstić information content (AvgIpc) is 3.56. The summed E-state index contributed by atoms with van der Waals surface area (Å²) in [7, 11) is 0. The van der Waals surface area contributed by atoms with Crippen LogP contribution in [0.25, 0.3) is 11.1 Å². The van der Waals surface area contributed by atoms with Gasteiger partial charge in [-0.15, -0.1) is 0 Å². The molecule has 7 aromatic carbocycles. The third-order valence-corrected chi connectivity index (χ3v) is 17.0. The summed E-state index contributed by atoms with van der Waals surface area (Å²) in [5, 5.41) is 0. The second kappa shape index (κ2) is 15.5. The van der Waals surface area contributed by atoms with Crippen LogP contribution in [0.4, 0.5) is 45.5 Å². The minimum absolute atomic E-state index is 0.00470. The van der Waals surface area contributed by atoms with Gasteiger partial charge in [-0.25, -0.2) is 9.97 Å². The molecule has 6 heteroatoms. The van der Waals surface area contributed by atoms with Crippen LogP contribution in [-0.4, -0.2) is 16.7 Å². The first-order valence-corrected chi connectivity index (χ1v) is 25.8. The smallest absolute Gasteiger partial charge is 0.252 e. The lowest BCUT2D eigenvalue weighted by Crippen LogP contribution is -2.61. The number of hydrogen-bond acceptors (Lipinski definition) is 5. The van der Waals surface area contributed by atoms with Crippen LogP contribution >= 0.6 is 0 Å². The fourth-order valence-corrected chi connectivity index (χ4v) is 12.8. The molecule has 2 atom stereocenters. The van der Waals surface area contributed by atoms with Crippen molar-refractivity contribution in [3.63, 3.8) is 0 Å². The van der Waals surface area contributed by atoms with Crippen molar-refractivity contribution in [2.24, 2.45) is 0 Å². The average molecular weight is 928 g/mol. The van der Waals surface area contributed by atoms with Crippen LogP contribution in [0, 0.1) is 6.92 Å². The van der Waals surface area contributed by atoms with Crippen molar-refractivity contribution in [1.82, 2.24) is 9.97 Å². The maximum Gasteiger partial charge on any atom is 0.252 e. The molecule has 0 fully saturated rings. The van der Waals surface area contributed by atoms with E-state index in [1.165, 1.54) is 95.1 Å². The third-order valence-electron chi connectivity index (χ3n) is 17.0. The van der Waals surface area contributed by atoms with Crippen LogP contribution in [0.5, 0.6) is 0 Å². The predicted molar refractivity (Wildman–Crippen MR) is 300 cm³/mol. The number of fused-ring (bicyclic) bond motifs is 9.